The minimum absolute atomic E-state index is 0.254. The van der Waals surface area contributed by atoms with E-state index in [0.29, 0.717) is 19.6 Å². The lowest BCUT2D eigenvalue weighted by atomic mass is 10.1. The van der Waals surface area contributed by atoms with E-state index in [4.69, 9.17) is 4.74 Å². The highest BCUT2D eigenvalue weighted by Crippen LogP contribution is 2.02. The number of carbonyl (C=O) groups is 1. The fourth-order valence-electron chi connectivity index (χ4n) is 1.93. The number of morpholine rings is 1. The van der Waals surface area contributed by atoms with Gasteiger partial charge in [-0.05, 0) is 25.3 Å². The standard InChI is InChI=1S/C13H26N2O2/c1-12(2)4-3-6-14-7-5-13(16)15-8-10-17-11-9-15/h12,14H,3-11H2,1-2H3. The van der Waals surface area contributed by atoms with Crippen LogP contribution in [0.5, 0.6) is 0 Å². The number of hydrogen-bond donors (Lipinski definition) is 1. The topological polar surface area (TPSA) is 41.6 Å². The zero-order chi connectivity index (χ0) is 12.5. The first-order valence-corrected chi connectivity index (χ1v) is 6.76. The van der Waals surface area contributed by atoms with Crippen LogP contribution in [0, 0.1) is 5.92 Å². The molecular weight excluding hydrogens is 216 g/mol. The summed E-state index contributed by atoms with van der Waals surface area (Å²) in [6.07, 6.45) is 3.06. The number of amides is 1. The van der Waals surface area contributed by atoms with Crippen molar-refractivity contribution in [1.29, 1.82) is 0 Å². The molecule has 0 aromatic rings. The molecule has 0 bridgehead atoms. The highest BCUT2D eigenvalue weighted by Gasteiger charge is 2.15. The van der Waals surface area contributed by atoms with Crippen molar-refractivity contribution in [1.82, 2.24) is 10.2 Å². The molecule has 0 unspecified atom stereocenters. The van der Waals surface area contributed by atoms with E-state index in [9.17, 15) is 4.79 Å². The van der Waals surface area contributed by atoms with E-state index < -0.39 is 0 Å². The van der Waals surface area contributed by atoms with Gasteiger partial charge in [-0.25, -0.2) is 0 Å². The number of rotatable bonds is 7. The maximum absolute atomic E-state index is 11.8. The first-order chi connectivity index (χ1) is 8.20. The predicted octanol–water partition coefficient (Wildman–Crippen LogP) is 1.26. The van der Waals surface area contributed by atoms with E-state index in [1.54, 1.807) is 0 Å². The van der Waals surface area contributed by atoms with Crippen molar-refractivity contribution in [2.24, 2.45) is 5.92 Å². The molecule has 4 heteroatoms. The largest absolute Gasteiger partial charge is 0.378 e. The lowest BCUT2D eigenvalue weighted by Crippen LogP contribution is -2.41. The third-order valence-corrected chi connectivity index (χ3v) is 3.01. The van der Waals surface area contributed by atoms with E-state index in [0.717, 1.165) is 32.1 Å². The highest BCUT2D eigenvalue weighted by atomic mass is 16.5. The van der Waals surface area contributed by atoms with Crippen LogP contribution < -0.4 is 5.32 Å². The molecule has 0 atom stereocenters. The Morgan fingerprint density at radius 1 is 1.29 bits per heavy atom. The summed E-state index contributed by atoms with van der Waals surface area (Å²) in [5, 5.41) is 3.33. The summed E-state index contributed by atoms with van der Waals surface area (Å²) in [5.74, 6) is 1.02. The molecule has 4 nitrogen and oxygen atoms in total. The summed E-state index contributed by atoms with van der Waals surface area (Å²) in [5.41, 5.74) is 0. The zero-order valence-corrected chi connectivity index (χ0v) is 11.2. The Morgan fingerprint density at radius 3 is 2.65 bits per heavy atom. The zero-order valence-electron chi connectivity index (χ0n) is 11.2. The Kier molecular flexibility index (Phi) is 7.21. The molecule has 1 N–H and O–H groups in total. The molecule has 0 saturated carbocycles. The highest BCUT2D eigenvalue weighted by molar-refractivity contribution is 5.76. The minimum Gasteiger partial charge on any atom is -0.378 e. The van der Waals surface area contributed by atoms with Crippen LogP contribution in [0.15, 0.2) is 0 Å². The smallest absolute Gasteiger partial charge is 0.224 e. The van der Waals surface area contributed by atoms with Gasteiger partial charge < -0.3 is 15.0 Å². The van der Waals surface area contributed by atoms with Crippen LogP contribution >= 0.6 is 0 Å². The summed E-state index contributed by atoms with van der Waals surface area (Å²) in [6.45, 7) is 9.19. The predicted molar refractivity (Wildman–Crippen MR) is 69.0 cm³/mol. The molecular formula is C13H26N2O2. The Morgan fingerprint density at radius 2 is 2.00 bits per heavy atom. The number of hydrogen-bond acceptors (Lipinski definition) is 3. The molecule has 1 fully saturated rings. The summed E-state index contributed by atoms with van der Waals surface area (Å²) in [4.78, 5) is 13.7. The van der Waals surface area contributed by atoms with E-state index in [1.165, 1.54) is 12.8 Å². The quantitative estimate of drug-likeness (QED) is 0.683. The van der Waals surface area contributed by atoms with Gasteiger partial charge in [0.15, 0.2) is 0 Å². The SMILES string of the molecule is CC(C)CCCNCCC(=O)N1CCOCC1. The second kappa shape index (κ2) is 8.48. The van der Waals surface area contributed by atoms with Gasteiger partial charge in [0.2, 0.25) is 5.91 Å². The number of ether oxygens (including phenoxy) is 1. The number of carbonyl (C=O) groups excluding carboxylic acids is 1. The van der Waals surface area contributed by atoms with Crippen molar-refractivity contribution in [3.05, 3.63) is 0 Å². The van der Waals surface area contributed by atoms with Gasteiger partial charge >= 0.3 is 0 Å². The van der Waals surface area contributed by atoms with Crippen molar-refractivity contribution >= 4 is 5.91 Å². The molecule has 100 valence electrons. The van der Waals surface area contributed by atoms with Crippen LogP contribution in [-0.2, 0) is 9.53 Å². The average Bonchev–Trinajstić information content (AvgIpc) is 2.34. The molecule has 1 saturated heterocycles. The molecule has 17 heavy (non-hydrogen) atoms. The molecule has 0 aromatic heterocycles. The van der Waals surface area contributed by atoms with Crippen LogP contribution in [-0.4, -0.2) is 50.2 Å². The van der Waals surface area contributed by atoms with Crippen molar-refractivity contribution < 1.29 is 9.53 Å². The third-order valence-electron chi connectivity index (χ3n) is 3.01. The van der Waals surface area contributed by atoms with Crippen LogP contribution in [0.25, 0.3) is 0 Å². The van der Waals surface area contributed by atoms with Gasteiger partial charge in [-0.3, -0.25) is 4.79 Å². The number of nitrogens with zero attached hydrogens (tertiary/aromatic N) is 1. The van der Waals surface area contributed by atoms with Gasteiger partial charge in [0.05, 0.1) is 13.2 Å². The van der Waals surface area contributed by atoms with Gasteiger partial charge in [0, 0.05) is 26.1 Å². The molecule has 1 rings (SSSR count). The number of nitrogens with one attached hydrogen (secondary N) is 1. The van der Waals surface area contributed by atoms with Gasteiger partial charge in [0.1, 0.15) is 0 Å². The van der Waals surface area contributed by atoms with E-state index in [2.05, 4.69) is 19.2 Å². The van der Waals surface area contributed by atoms with Crippen LogP contribution in [0.3, 0.4) is 0 Å². The van der Waals surface area contributed by atoms with Crippen molar-refractivity contribution in [2.45, 2.75) is 33.1 Å². The fraction of sp³-hybridized carbons (Fsp3) is 0.923. The average molecular weight is 242 g/mol. The summed E-state index contributed by atoms with van der Waals surface area (Å²) in [6, 6.07) is 0. The first kappa shape index (κ1) is 14.5. The molecule has 0 aromatic carbocycles. The lowest BCUT2D eigenvalue weighted by Gasteiger charge is -2.26. The molecule has 1 heterocycles. The van der Waals surface area contributed by atoms with Crippen molar-refractivity contribution in [3.8, 4) is 0 Å². The fourth-order valence-corrected chi connectivity index (χ4v) is 1.93. The monoisotopic (exact) mass is 242 g/mol. The maximum Gasteiger partial charge on any atom is 0.224 e. The van der Waals surface area contributed by atoms with Crippen molar-refractivity contribution in [2.75, 3.05) is 39.4 Å². The summed E-state index contributed by atoms with van der Waals surface area (Å²) in [7, 11) is 0. The second-order valence-electron chi connectivity index (χ2n) is 5.03. The lowest BCUT2D eigenvalue weighted by molar-refractivity contribution is -0.135. The van der Waals surface area contributed by atoms with E-state index in [1.807, 2.05) is 4.90 Å². The van der Waals surface area contributed by atoms with Gasteiger partial charge in [-0.2, -0.15) is 0 Å². The Balaban J connectivity index is 1.96. The Hall–Kier alpha value is -0.610. The Labute approximate surface area is 105 Å². The van der Waals surface area contributed by atoms with Crippen LogP contribution in [0.2, 0.25) is 0 Å². The molecule has 0 spiro atoms. The first-order valence-electron chi connectivity index (χ1n) is 6.76. The molecule has 1 aliphatic heterocycles. The van der Waals surface area contributed by atoms with Crippen molar-refractivity contribution in [3.63, 3.8) is 0 Å². The Bertz CT molecular complexity index is 213. The summed E-state index contributed by atoms with van der Waals surface area (Å²) < 4.78 is 5.22. The van der Waals surface area contributed by atoms with Gasteiger partial charge in [-0.1, -0.05) is 13.8 Å². The van der Waals surface area contributed by atoms with E-state index >= 15 is 0 Å². The molecule has 0 radical (unpaired) electrons. The molecule has 1 amide bonds. The minimum atomic E-state index is 0.254. The van der Waals surface area contributed by atoms with Gasteiger partial charge in [0.25, 0.3) is 0 Å². The maximum atomic E-state index is 11.8. The van der Waals surface area contributed by atoms with Crippen LogP contribution in [0.4, 0.5) is 0 Å². The third kappa shape index (κ3) is 6.64. The van der Waals surface area contributed by atoms with Gasteiger partial charge in [-0.15, -0.1) is 0 Å². The second-order valence-corrected chi connectivity index (χ2v) is 5.03. The van der Waals surface area contributed by atoms with E-state index in [-0.39, 0.29) is 5.91 Å². The molecule has 1 aliphatic rings. The van der Waals surface area contributed by atoms with Crippen LogP contribution in [0.1, 0.15) is 33.1 Å². The normalized spacial score (nSPS) is 16.5. The molecule has 0 aliphatic carbocycles. The summed E-state index contributed by atoms with van der Waals surface area (Å²) >= 11 is 0.